The van der Waals surface area contributed by atoms with Crippen LogP contribution in [0.4, 0.5) is 5.69 Å². The standard InChI is InChI=1S/C11H12N4O/c1-2-3-6-16-11-5-4-10(14-15-13)7-9(11)8-12/h4-5,7H,2-3,6H2,1H3. The van der Waals surface area contributed by atoms with E-state index < -0.39 is 0 Å². The minimum absolute atomic E-state index is 0.390. The van der Waals surface area contributed by atoms with Crippen LogP contribution in [0, 0.1) is 11.3 Å². The third-order valence-electron chi connectivity index (χ3n) is 2.00. The molecule has 0 saturated carbocycles. The van der Waals surface area contributed by atoms with Gasteiger partial charge < -0.3 is 4.74 Å². The van der Waals surface area contributed by atoms with E-state index in [1.165, 1.54) is 6.07 Å². The Morgan fingerprint density at radius 3 is 3.00 bits per heavy atom. The molecule has 0 spiro atoms. The zero-order valence-corrected chi connectivity index (χ0v) is 9.05. The largest absolute Gasteiger partial charge is 0.492 e. The van der Waals surface area contributed by atoms with Gasteiger partial charge in [0.05, 0.1) is 12.2 Å². The van der Waals surface area contributed by atoms with Gasteiger partial charge in [-0.05, 0) is 30.2 Å². The van der Waals surface area contributed by atoms with Gasteiger partial charge in [0.15, 0.2) is 0 Å². The van der Waals surface area contributed by atoms with E-state index in [0.29, 0.717) is 23.6 Å². The lowest BCUT2D eigenvalue weighted by atomic mass is 10.2. The first-order valence-corrected chi connectivity index (χ1v) is 5.04. The van der Waals surface area contributed by atoms with E-state index in [2.05, 4.69) is 16.9 Å². The number of nitriles is 1. The number of hydrogen-bond donors (Lipinski definition) is 0. The first kappa shape index (κ1) is 11.9. The highest BCUT2D eigenvalue weighted by atomic mass is 16.5. The molecule has 0 N–H and O–H groups in total. The molecule has 0 atom stereocenters. The predicted octanol–water partition coefficient (Wildman–Crippen LogP) is 3.68. The van der Waals surface area contributed by atoms with Crippen LogP contribution in [0.25, 0.3) is 10.4 Å². The van der Waals surface area contributed by atoms with Crippen molar-refractivity contribution in [2.24, 2.45) is 5.11 Å². The lowest BCUT2D eigenvalue weighted by molar-refractivity contribution is 0.308. The fraction of sp³-hybridized carbons (Fsp3) is 0.364. The molecular formula is C11H12N4O. The second kappa shape index (κ2) is 6.33. The van der Waals surface area contributed by atoms with E-state index in [9.17, 15) is 0 Å². The molecule has 0 aliphatic carbocycles. The van der Waals surface area contributed by atoms with Crippen LogP contribution in [-0.2, 0) is 0 Å². The number of nitrogens with zero attached hydrogens (tertiary/aromatic N) is 4. The zero-order chi connectivity index (χ0) is 11.8. The lowest BCUT2D eigenvalue weighted by Crippen LogP contribution is -1.98. The normalized spacial score (nSPS) is 9.00. The third kappa shape index (κ3) is 3.19. The number of benzene rings is 1. The molecule has 0 bridgehead atoms. The van der Waals surface area contributed by atoms with Crippen LogP contribution in [0.1, 0.15) is 25.3 Å². The summed E-state index contributed by atoms with van der Waals surface area (Å²) in [6.45, 7) is 2.66. The maximum absolute atomic E-state index is 8.90. The molecule has 5 nitrogen and oxygen atoms in total. The molecule has 0 aliphatic rings. The fourth-order valence-electron chi connectivity index (χ4n) is 1.17. The van der Waals surface area contributed by atoms with Crippen LogP contribution in [0.15, 0.2) is 23.3 Å². The third-order valence-corrected chi connectivity index (χ3v) is 2.00. The Bertz CT molecular complexity index is 444. The minimum Gasteiger partial charge on any atom is -0.492 e. The fourth-order valence-corrected chi connectivity index (χ4v) is 1.17. The summed E-state index contributed by atoms with van der Waals surface area (Å²) in [6.07, 6.45) is 1.99. The molecule has 1 aromatic carbocycles. The van der Waals surface area contributed by atoms with Crippen LogP contribution >= 0.6 is 0 Å². The number of hydrogen-bond acceptors (Lipinski definition) is 3. The lowest BCUT2D eigenvalue weighted by Gasteiger charge is -2.07. The number of unbranched alkanes of at least 4 members (excludes halogenated alkanes) is 1. The van der Waals surface area contributed by atoms with Crippen LogP contribution in [0.2, 0.25) is 0 Å². The Labute approximate surface area is 93.9 Å². The minimum atomic E-state index is 0.390. The topological polar surface area (TPSA) is 81.8 Å². The second-order valence-corrected chi connectivity index (χ2v) is 3.18. The van der Waals surface area contributed by atoms with Crippen LogP contribution in [-0.4, -0.2) is 6.61 Å². The zero-order valence-electron chi connectivity index (χ0n) is 9.05. The van der Waals surface area contributed by atoms with Crippen molar-refractivity contribution in [1.82, 2.24) is 0 Å². The Kier molecular flexibility index (Phi) is 4.71. The molecule has 0 saturated heterocycles. The van der Waals surface area contributed by atoms with Crippen LogP contribution in [0.3, 0.4) is 0 Å². The molecular weight excluding hydrogens is 204 g/mol. The summed E-state index contributed by atoms with van der Waals surface area (Å²) in [6, 6.07) is 6.81. The summed E-state index contributed by atoms with van der Waals surface area (Å²) < 4.78 is 5.44. The first-order chi connectivity index (χ1) is 7.81. The smallest absolute Gasteiger partial charge is 0.137 e. The van der Waals surface area contributed by atoms with Crippen molar-refractivity contribution in [2.45, 2.75) is 19.8 Å². The van der Waals surface area contributed by atoms with Gasteiger partial charge in [0.25, 0.3) is 0 Å². The highest BCUT2D eigenvalue weighted by Gasteiger charge is 2.03. The van der Waals surface area contributed by atoms with Crippen molar-refractivity contribution >= 4 is 5.69 Å². The SMILES string of the molecule is CCCCOc1ccc(N=[N+]=[N-])cc1C#N. The van der Waals surface area contributed by atoms with E-state index in [-0.39, 0.29) is 0 Å². The molecule has 16 heavy (non-hydrogen) atoms. The molecule has 0 heterocycles. The van der Waals surface area contributed by atoms with Gasteiger partial charge in [-0.3, -0.25) is 0 Å². The molecule has 0 aromatic heterocycles. The van der Waals surface area contributed by atoms with E-state index in [4.69, 9.17) is 15.5 Å². The Balaban J connectivity index is 2.85. The maximum Gasteiger partial charge on any atom is 0.137 e. The monoisotopic (exact) mass is 216 g/mol. The summed E-state index contributed by atoms with van der Waals surface area (Å²) in [5.74, 6) is 0.535. The molecule has 0 radical (unpaired) electrons. The molecule has 0 aliphatic heterocycles. The maximum atomic E-state index is 8.90. The van der Waals surface area contributed by atoms with Gasteiger partial charge in [0, 0.05) is 10.6 Å². The van der Waals surface area contributed by atoms with Gasteiger partial charge in [-0.15, -0.1) is 0 Å². The molecule has 1 rings (SSSR count). The van der Waals surface area contributed by atoms with Crippen molar-refractivity contribution in [1.29, 1.82) is 5.26 Å². The quantitative estimate of drug-likeness (QED) is 0.325. The summed E-state index contributed by atoms with van der Waals surface area (Å²) in [5.41, 5.74) is 9.08. The van der Waals surface area contributed by atoms with Gasteiger partial charge in [-0.2, -0.15) is 5.26 Å². The highest BCUT2D eigenvalue weighted by Crippen LogP contribution is 2.24. The number of rotatable bonds is 5. The van der Waals surface area contributed by atoms with E-state index in [1.807, 2.05) is 6.07 Å². The Hall–Kier alpha value is -2.18. The van der Waals surface area contributed by atoms with Gasteiger partial charge in [0.1, 0.15) is 11.8 Å². The first-order valence-electron chi connectivity index (χ1n) is 5.04. The van der Waals surface area contributed by atoms with Gasteiger partial charge in [0.2, 0.25) is 0 Å². The predicted molar refractivity (Wildman–Crippen MR) is 60.4 cm³/mol. The van der Waals surface area contributed by atoms with E-state index in [1.54, 1.807) is 12.1 Å². The summed E-state index contributed by atoms with van der Waals surface area (Å²) in [7, 11) is 0. The summed E-state index contributed by atoms with van der Waals surface area (Å²) in [5, 5.41) is 12.3. The van der Waals surface area contributed by atoms with Crippen LogP contribution in [0.5, 0.6) is 5.75 Å². The van der Waals surface area contributed by atoms with E-state index >= 15 is 0 Å². The number of azide groups is 1. The molecule has 0 fully saturated rings. The van der Waals surface area contributed by atoms with Crippen molar-refractivity contribution in [3.05, 3.63) is 34.2 Å². The average Bonchev–Trinajstić information content (AvgIpc) is 2.31. The van der Waals surface area contributed by atoms with Crippen molar-refractivity contribution < 1.29 is 4.74 Å². The van der Waals surface area contributed by atoms with Crippen molar-refractivity contribution in [3.63, 3.8) is 0 Å². The Morgan fingerprint density at radius 1 is 1.56 bits per heavy atom. The van der Waals surface area contributed by atoms with Crippen molar-refractivity contribution in [3.8, 4) is 11.8 Å². The molecule has 0 unspecified atom stereocenters. The second-order valence-electron chi connectivity index (χ2n) is 3.18. The summed E-state index contributed by atoms with van der Waals surface area (Å²) >= 11 is 0. The van der Waals surface area contributed by atoms with Crippen molar-refractivity contribution in [2.75, 3.05) is 6.61 Å². The summed E-state index contributed by atoms with van der Waals surface area (Å²) in [4.78, 5) is 2.66. The molecule has 0 amide bonds. The molecule has 5 heteroatoms. The molecule has 82 valence electrons. The van der Waals surface area contributed by atoms with Crippen LogP contribution < -0.4 is 4.74 Å². The van der Waals surface area contributed by atoms with Gasteiger partial charge in [-0.1, -0.05) is 18.5 Å². The highest BCUT2D eigenvalue weighted by molar-refractivity contribution is 5.52. The van der Waals surface area contributed by atoms with Gasteiger partial charge >= 0.3 is 0 Å². The van der Waals surface area contributed by atoms with Gasteiger partial charge in [-0.25, -0.2) is 0 Å². The Morgan fingerprint density at radius 2 is 2.38 bits per heavy atom. The number of ether oxygens (including phenoxy) is 1. The average molecular weight is 216 g/mol. The molecule has 1 aromatic rings. The van der Waals surface area contributed by atoms with E-state index in [0.717, 1.165) is 12.8 Å².